The molecule has 1 unspecified atom stereocenters. The Morgan fingerprint density at radius 1 is 1.44 bits per heavy atom. The third-order valence-electron chi connectivity index (χ3n) is 4.63. The predicted molar refractivity (Wildman–Crippen MR) is 97.2 cm³/mol. The molecule has 3 rings (SSSR count). The van der Waals surface area contributed by atoms with Gasteiger partial charge in [0.2, 0.25) is 5.95 Å². The first-order chi connectivity index (χ1) is 12.0. The van der Waals surface area contributed by atoms with Crippen LogP contribution in [-0.2, 0) is 6.42 Å². The Kier molecular flexibility index (Phi) is 4.92. The lowest BCUT2D eigenvalue weighted by Crippen LogP contribution is -2.29. The summed E-state index contributed by atoms with van der Waals surface area (Å²) in [5, 5.41) is 0. The first-order valence-electron chi connectivity index (χ1n) is 8.73. The van der Waals surface area contributed by atoms with E-state index in [0.717, 1.165) is 36.2 Å². The lowest BCUT2D eigenvalue weighted by atomic mass is 10.0. The van der Waals surface area contributed by atoms with Gasteiger partial charge in [-0.25, -0.2) is 4.98 Å². The molecule has 2 aromatic rings. The molecule has 2 aromatic heterocycles. The van der Waals surface area contributed by atoms with Crippen LogP contribution in [-0.4, -0.2) is 52.9 Å². The number of carbonyl (C=O) groups excluding carboxylic acids is 1. The molecular weight excluding hydrogens is 318 g/mol. The van der Waals surface area contributed by atoms with Crippen LogP contribution in [0.1, 0.15) is 47.4 Å². The number of aromatic amines is 2. The predicted octanol–water partition coefficient (Wildman–Crippen LogP) is 1.75. The number of hydrogen-bond donors (Lipinski definition) is 2. The average molecular weight is 343 g/mol. The van der Waals surface area contributed by atoms with Crippen molar-refractivity contribution in [1.29, 1.82) is 0 Å². The summed E-state index contributed by atoms with van der Waals surface area (Å²) in [6.07, 6.45) is 4.51. The van der Waals surface area contributed by atoms with Gasteiger partial charge in [-0.15, -0.1) is 0 Å². The maximum absolute atomic E-state index is 12.8. The van der Waals surface area contributed by atoms with E-state index in [1.807, 2.05) is 31.3 Å². The van der Waals surface area contributed by atoms with Crippen LogP contribution in [0.15, 0.2) is 23.1 Å². The zero-order chi connectivity index (χ0) is 18.0. The van der Waals surface area contributed by atoms with Crippen molar-refractivity contribution >= 4 is 11.9 Å². The molecule has 0 aliphatic carbocycles. The Morgan fingerprint density at radius 3 is 2.96 bits per heavy atom. The lowest BCUT2D eigenvalue weighted by Gasteiger charge is -2.17. The Hall–Kier alpha value is -2.57. The van der Waals surface area contributed by atoms with Crippen molar-refractivity contribution in [2.75, 3.05) is 32.1 Å². The molecule has 2 N–H and O–H groups in total. The fourth-order valence-electron chi connectivity index (χ4n) is 3.30. The maximum atomic E-state index is 12.8. The number of carbonyl (C=O) groups is 1. The van der Waals surface area contributed by atoms with Gasteiger partial charge in [0.15, 0.2) is 0 Å². The molecule has 0 saturated carbocycles. The van der Waals surface area contributed by atoms with Crippen molar-refractivity contribution in [1.82, 2.24) is 19.9 Å². The third-order valence-corrected chi connectivity index (χ3v) is 4.63. The summed E-state index contributed by atoms with van der Waals surface area (Å²) in [4.78, 5) is 38.8. The van der Waals surface area contributed by atoms with E-state index < -0.39 is 0 Å². The number of anilines is 1. The van der Waals surface area contributed by atoms with E-state index in [1.54, 1.807) is 11.0 Å². The lowest BCUT2D eigenvalue weighted by molar-refractivity contribution is 0.0789. The number of likely N-dealkylation sites (tertiary alicyclic amines) is 1. The van der Waals surface area contributed by atoms with Crippen molar-refractivity contribution in [3.05, 3.63) is 45.6 Å². The van der Waals surface area contributed by atoms with Crippen LogP contribution in [0.3, 0.4) is 0 Å². The Bertz CT molecular complexity index is 808. The molecule has 0 radical (unpaired) electrons. The van der Waals surface area contributed by atoms with Gasteiger partial charge in [-0.2, -0.15) is 0 Å². The highest BCUT2D eigenvalue weighted by Gasteiger charge is 2.30. The van der Waals surface area contributed by atoms with Gasteiger partial charge in [0, 0.05) is 51.1 Å². The maximum Gasteiger partial charge on any atom is 0.255 e. The van der Waals surface area contributed by atoms with E-state index in [0.29, 0.717) is 19.0 Å². The van der Waals surface area contributed by atoms with E-state index in [-0.39, 0.29) is 17.4 Å². The fraction of sp³-hybridized carbons (Fsp3) is 0.500. The average Bonchev–Trinajstić information content (AvgIpc) is 3.23. The van der Waals surface area contributed by atoms with E-state index in [1.165, 1.54) is 0 Å². The smallest absolute Gasteiger partial charge is 0.255 e. The van der Waals surface area contributed by atoms with Gasteiger partial charge in [-0.3, -0.25) is 14.6 Å². The summed E-state index contributed by atoms with van der Waals surface area (Å²) in [6, 6.07) is 3.40. The minimum Gasteiger partial charge on any atom is -0.364 e. The molecule has 1 aliphatic rings. The molecular formula is C18H25N5O2. The van der Waals surface area contributed by atoms with E-state index in [2.05, 4.69) is 21.9 Å². The molecule has 1 aliphatic heterocycles. The molecule has 0 aromatic carbocycles. The largest absolute Gasteiger partial charge is 0.364 e. The van der Waals surface area contributed by atoms with Crippen LogP contribution in [0, 0.1) is 0 Å². The topological polar surface area (TPSA) is 85.1 Å². The van der Waals surface area contributed by atoms with Crippen molar-refractivity contribution in [2.24, 2.45) is 0 Å². The van der Waals surface area contributed by atoms with Gasteiger partial charge in [0.05, 0.1) is 11.3 Å². The molecule has 7 heteroatoms. The van der Waals surface area contributed by atoms with Crippen LogP contribution in [0.25, 0.3) is 0 Å². The SMILES string of the molecule is CCCc1[nH]ccc1C(=O)N1CCC(c2cc(=O)[nH]c(N(C)C)n2)C1. The number of rotatable bonds is 5. The quantitative estimate of drug-likeness (QED) is 0.866. The summed E-state index contributed by atoms with van der Waals surface area (Å²) in [6.45, 7) is 3.38. The van der Waals surface area contributed by atoms with Crippen molar-refractivity contribution < 1.29 is 4.79 Å². The van der Waals surface area contributed by atoms with E-state index >= 15 is 0 Å². The van der Waals surface area contributed by atoms with Crippen molar-refractivity contribution in [3.63, 3.8) is 0 Å². The number of nitrogens with zero attached hydrogens (tertiary/aromatic N) is 3. The number of nitrogens with one attached hydrogen (secondary N) is 2. The number of hydrogen-bond acceptors (Lipinski definition) is 4. The Morgan fingerprint density at radius 2 is 2.24 bits per heavy atom. The standard InChI is InChI=1S/C18H25N5O2/c1-4-5-14-13(6-8-19-14)17(25)23-9-7-12(11-23)15-10-16(24)21-18(20-15)22(2)3/h6,8,10,12,19H,4-5,7,9,11H2,1-3H3,(H,20,21,24). The van der Waals surface area contributed by atoms with Crippen LogP contribution >= 0.6 is 0 Å². The fourth-order valence-corrected chi connectivity index (χ4v) is 3.30. The molecule has 1 amide bonds. The number of aromatic nitrogens is 3. The van der Waals surface area contributed by atoms with Gasteiger partial charge < -0.3 is 14.8 Å². The Labute approximate surface area is 147 Å². The van der Waals surface area contributed by atoms with Crippen LogP contribution in [0.4, 0.5) is 5.95 Å². The first kappa shape index (κ1) is 17.3. The van der Waals surface area contributed by atoms with Gasteiger partial charge in [-0.1, -0.05) is 13.3 Å². The van der Waals surface area contributed by atoms with Gasteiger partial charge in [-0.05, 0) is 18.9 Å². The second-order valence-electron chi connectivity index (χ2n) is 6.74. The zero-order valence-electron chi connectivity index (χ0n) is 15.0. The molecule has 3 heterocycles. The van der Waals surface area contributed by atoms with Crippen LogP contribution in [0.5, 0.6) is 0 Å². The summed E-state index contributed by atoms with van der Waals surface area (Å²) in [7, 11) is 3.68. The molecule has 0 bridgehead atoms. The van der Waals surface area contributed by atoms with E-state index in [4.69, 9.17) is 0 Å². The summed E-state index contributed by atoms with van der Waals surface area (Å²) < 4.78 is 0. The highest BCUT2D eigenvalue weighted by Crippen LogP contribution is 2.27. The van der Waals surface area contributed by atoms with Gasteiger partial charge >= 0.3 is 0 Å². The number of aryl methyl sites for hydroxylation is 1. The summed E-state index contributed by atoms with van der Waals surface area (Å²) in [5.41, 5.74) is 2.36. The van der Waals surface area contributed by atoms with Gasteiger partial charge in [0.1, 0.15) is 0 Å². The molecule has 1 fully saturated rings. The summed E-state index contributed by atoms with van der Waals surface area (Å²) in [5.74, 6) is 0.700. The van der Waals surface area contributed by atoms with Crippen LogP contribution < -0.4 is 10.5 Å². The van der Waals surface area contributed by atoms with Gasteiger partial charge in [0.25, 0.3) is 11.5 Å². The first-order valence-corrected chi connectivity index (χ1v) is 8.73. The van der Waals surface area contributed by atoms with Crippen LogP contribution in [0.2, 0.25) is 0 Å². The highest BCUT2D eigenvalue weighted by atomic mass is 16.2. The van der Waals surface area contributed by atoms with Crippen molar-refractivity contribution in [2.45, 2.75) is 32.1 Å². The molecule has 0 spiro atoms. The minimum absolute atomic E-state index is 0.0601. The second kappa shape index (κ2) is 7.13. The molecule has 7 nitrogen and oxygen atoms in total. The molecule has 134 valence electrons. The summed E-state index contributed by atoms with van der Waals surface area (Å²) >= 11 is 0. The minimum atomic E-state index is -0.158. The zero-order valence-corrected chi connectivity index (χ0v) is 15.0. The van der Waals surface area contributed by atoms with Crippen molar-refractivity contribution in [3.8, 4) is 0 Å². The molecule has 25 heavy (non-hydrogen) atoms. The highest BCUT2D eigenvalue weighted by molar-refractivity contribution is 5.95. The molecule has 1 atom stereocenters. The second-order valence-corrected chi connectivity index (χ2v) is 6.74. The monoisotopic (exact) mass is 343 g/mol. The number of amides is 1. The number of H-pyrrole nitrogens is 2. The Balaban J connectivity index is 1.76. The molecule has 1 saturated heterocycles. The van der Waals surface area contributed by atoms with E-state index in [9.17, 15) is 9.59 Å². The third kappa shape index (κ3) is 3.60. The normalized spacial score (nSPS) is 17.1.